The van der Waals surface area contributed by atoms with Gasteiger partial charge in [-0.1, -0.05) is 12.1 Å². The smallest absolute Gasteiger partial charge is 0.356 e. The van der Waals surface area contributed by atoms with E-state index in [-0.39, 0.29) is 24.0 Å². The van der Waals surface area contributed by atoms with Crippen LogP contribution in [0.4, 0.5) is 13.2 Å². The van der Waals surface area contributed by atoms with Crippen LogP contribution in [0.2, 0.25) is 0 Å². The predicted octanol–water partition coefficient (Wildman–Crippen LogP) is 3.81. The summed E-state index contributed by atoms with van der Waals surface area (Å²) in [4.78, 5) is 8.46. The monoisotopic (exact) mass is 530 g/mol. The number of pyridine rings is 1. The third-order valence-electron chi connectivity index (χ3n) is 4.22. The molecule has 0 amide bonds. The van der Waals surface area contributed by atoms with Gasteiger partial charge in [0.25, 0.3) is 0 Å². The first-order valence-corrected chi connectivity index (χ1v) is 9.01. The number of nitrogens with zero attached hydrogens (tertiary/aromatic N) is 4. The first kappa shape index (κ1) is 23.6. The zero-order valence-electron chi connectivity index (χ0n) is 16.2. The van der Waals surface area contributed by atoms with Gasteiger partial charge >= 0.3 is 6.18 Å². The van der Waals surface area contributed by atoms with Crippen LogP contribution in [0.25, 0.3) is 5.82 Å². The number of hydrogen-bond donors (Lipinski definition) is 2. The molecule has 0 spiro atoms. The fraction of sp³-hybridized carbons (Fsp3) is 0.250. The molecule has 1 aromatic carbocycles. The summed E-state index contributed by atoms with van der Waals surface area (Å²) in [6.45, 7) is 1.08. The lowest BCUT2D eigenvalue weighted by molar-refractivity contribution is -0.137. The van der Waals surface area contributed by atoms with Gasteiger partial charge in [0.05, 0.1) is 5.56 Å². The quantitative estimate of drug-likeness (QED) is 0.289. The van der Waals surface area contributed by atoms with Gasteiger partial charge in [-0.3, -0.25) is 4.99 Å². The molecule has 0 fully saturated rings. The van der Waals surface area contributed by atoms with E-state index in [2.05, 4.69) is 25.7 Å². The van der Waals surface area contributed by atoms with Crippen LogP contribution in [0, 0.1) is 0 Å². The molecule has 0 atom stereocenters. The molecular formula is C20H22F3IN6. The van der Waals surface area contributed by atoms with Gasteiger partial charge in [0.2, 0.25) is 0 Å². The first-order valence-electron chi connectivity index (χ1n) is 9.01. The van der Waals surface area contributed by atoms with Crippen molar-refractivity contribution in [2.45, 2.75) is 19.1 Å². The second-order valence-corrected chi connectivity index (χ2v) is 6.27. The molecule has 6 nitrogen and oxygen atoms in total. The van der Waals surface area contributed by atoms with Gasteiger partial charge in [-0.25, -0.2) is 9.67 Å². The minimum Gasteiger partial charge on any atom is -0.356 e. The maximum absolute atomic E-state index is 12.6. The lowest BCUT2D eigenvalue weighted by Crippen LogP contribution is -2.37. The van der Waals surface area contributed by atoms with Gasteiger partial charge in [0.1, 0.15) is 0 Å². The third kappa shape index (κ3) is 6.71. The molecule has 0 radical (unpaired) electrons. The van der Waals surface area contributed by atoms with Crippen LogP contribution in [-0.2, 0) is 19.1 Å². The van der Waals surface area contributed by atoms with Gasteiger partial charge in [-0.15, -0.1) is 24.0 Å². The maximum atomic E-state index is 12.6. The summed E-state index contributed by atoms with van der Waals surface area (Å²) in [5, 5.41) is 10.5. The number of guanidine groups is 1. The Hall–Kier alpha value is -2.63. The zero-order chi connectivity index (χ0) is 20.7. The molecule has 0 saturated heterocycles. The minimum absolute atomic E-state index is 0. The van der Waals surface area contributed by atoms with E-state index >= 15 is 0 Å². The van der Waals surface area contributed by atoms with Crippen LogP contribution in [0.1, 0.15) is 16.7 Å². The highest BCUT2D eigenvalue weighted by Crippen LogP contribution is 2.29. The largest absolute Gasteiger partial charge is 0.416 e. The summed E-state index contributed by atoms with van der Waals surface area (Å²) in [6.07, 6.45) is 1.50. The number of aliphatic imine (C=N–C) groups is 1. The minimum atomic E-state index is -4.31. The Morgan fingerprint density at radius 3 is 2.47 bits per heavy atom. The van der Waals surface area contributed by atoms with E-state index in [4.69, 9.17) is 0 Å². The van der Waals surface area contributed by atoms with Crippen LogP contribution >= 0.6 is 24.0 Å². The van der Waals surface area contributed by atoms with Crippen molar-refractivity contribution in [1.82, 2.24) is 25.4 Å². The predicted molar refractivity (Wildman–Crippen MR) is 120 cm³/mol. The summed E-state index contributed by atoms with van der Waals surface area (Å²) in [7, 11) is 1.66. The Balaban J connectivity index is 0.00000320. The molecule has 0 saturated carbocycles. The molecule has 2 N–H and O–H groups in total. The van der Waals surface area contributed by atoms with E-state index in [1.807, 2.05) is 24.4 Å². The van der Waals surface area contributed by atoms with E-state index in [9.17, 15) is 13.2 Å². The number of alkyl halides is 3. The highest BCUT2D eigenvalue weighted by Gasteiger charge is 2.29. The van der Waals surface area contributed by atoms with Crippen molar-refractivity contribution in [1.29, 1.82) is 0 Å². The fourth-order valence-corrected chi connectivity index (χ4v) is 2.69. The second-order valence-electron chi connectivity index (χ2n) is 6.27. The van der Waals surface area contributed by atoms with E-state index < -0.39 is 11.7 Å². The van der Waals surface area contributed by atoms with Gasteiger partial charge < -0.3 is 10.6 Å². The number of hydrogen-bond acceptors (Lipinski definition) is 3. The van der Waals surface area contributed by atoms with Crippen molar-refractivity contribution >= 4 is 29.9 Å². The number of benzene rings is 1. The molecule has 3 aromatic rings. The van der Waals surface area contributed by atoms with E-state index in [0.29, 0.717) is 25.5 Å². The molecule has 0 aliphatic carbocycles. The van der Waals surface area contributed by atoms with Crippen LogP contribution < -0.4 is 10.6 Å². The molecule has 0 unspecified atom stereocenters. The van der Waals surface area contributed by atoms with Crippen molar-refractivity contribution in [2.75, 3.05) is 13.6 Å². The maximum Gasteiger partial charge on any atom is 0.416 e. The number of nitrogens with one attached hydrogen (secondary N) is 2. The van der Waals surface area contributed by atoms with Gasteiger partial charge in [0, 0.05) is 38.7 Å². The van der Waals surface area contributed by atoms with Crippen molar-refractivity contribution < 1.29 is 13.2 Å². The molecule has 2 heterocycles. The summed E-state index contributed by atoms with van der Waals surface area (Å²) in [5.74, 6) is 1.33. The molecule has 0 aliphatic heterocycles. The van der Waals surface area contributed by atoms with Crippen molar-refractivity contribution in [3.63, 3.8) is 0 Å². The average molecular weight is 530 g/mol. The molecule has 160 valence electrons. The number of rotatable bonds is 6. The molecule has 0 bridgehead atoms. The van der Waals surface area contributed by atoms with E-state index in [0.717, 1.165) is 29.1 Å². The Morgan fingerprint density at radius 2 is 1.83 bits per heavy atom. The first-order chi connectivity index (χ1) is 14.0. The molecule has 10 heteroatoms. The Bertz CT molecular complexity index is 940. The molecular weight excluding hydrogens is 508 g/mol. The average Bonchev–Trinajstić information content (AvgIpc) is 3.25. The van der Waals surface area contributed by atoms with Crippen LogP contribution in [0.15, 0.2) is 66.0 Å². The SMILES string of the molecule is CN=C(NCCc1ccc(C(F)(F)F)cc1)NCc1ccnc(-n2cccn2)c1.I. The number of halogens is 4. The summed E-state index contributed by atoms with van der Waals surface area (Å²) in [5.41, 5.74) is 1.19. The fourth-order valence-electron chi connectivity index (χ4n) is 2.69. The summed E-state index contributed by atoms with van der Waals surface area (Å²) >= 11 is 0. The third-order valence-corrected chi connectivity index (χ3v) is 4.22. The summed E-state index contributed by atoms with van der Waals surface area (Å²) < 4.78 is 39.5. The highest BCUT2D eigenvalue weighted by atomic mass is 127. The van der Waals surface area contributed by atoms with Crippen LogP contribution in [0.3, 0.4) is 0 Å². The Morgan fingerprint density at radius 1 is 1.07 bits per heavy atom. The summed E-state index contributed by atoms with van der Waals surface area (Å²) in [6, 6.07) is 10.8. The Kier molecular flexibility index (Phi) is 8.63. The van der Waals surface area contributed by atoms with Gasteiger partial charge in [-0.05, 0) is 47.9 Å². The van der Waals surface area contributed by atoms with Crippen molar-refractivity contribution in [3.8, 4) is 5.82 Å². The lowest BCUT2D eigenvalue weighted by atomic mass is 10.1. The molecule has 3 rings (SSSR count). The second kappa shape index (κ2) is 11.0. The zero-order valence-corrected chi connectivity index (χ0v) is 18.6. The van der Waals surface area contributed by atoms with Crippen LogP contribution in [-0.4, -0.2) is 34.3 Å². The van der Waals surface area contributed by atoms with E-state index in [1.165, 1.54) is 12.1 Å². The lowest BCUT2D eigenvalue weighted by Gasteiger charge is -2.13. The molecule has 0 aliphatic rings. The number of aromatic nitrogens is 3. The van der Waals surface area contributed by atoms with Crippen molar-refractivity contribution in [2.24, 2.45) is 4.99 Å². The topological polar surface area (TPSA) is 67.1 Å². The molecule has 30 heavy (non-hydrogen) atoms. The van der Waals surface area contributed by atoms with Crippen molar-refractivity contribution in [3.05, 3.63) is 77.7 Å². The highest BCUT2D eigenvalue weighted by molar-refractivity contribution is 14.0. The standard InChI is InChI=1S/C20H21F3N6.HI/c1-24-19(26-11-7-15-3-5-17(6-4-15)20(21,22)23)27-14-16-8-10-25-18(13-16)29-12-2-9-28-29;/h2-6,8-10,12-13H,7,11,14H2,1H3,(H2,24,26,27);1H. The Labute approximate surface area is 189 Å². The van der Waals surface area contributed by atoms with Crippen LogP contribution in [0.5, 0.6) is 0 Å². The van der Waals surface area contributed by atoms with Gasteiger partial charge in [-0.2, -0.15) is 18.3 Å². The normalized spacial score (nSPS) is 11.7. The van der Waals surface area contributed by atoms with Gasteiger partial charge in [0.15, 0.2) is 11.8 Å². The molecule has 2 aromatic heterocycles. The van der Waals surface area contributed by atoms with E-state index in [1.54, 1.807) is 24.1 Å².